The van der Waals surface area contributed by atoms with Gasteiger partial charge < -0.3 is 0 Å². The molecule has 0 aliphatic heterocycles. The molecule has 0 spiro atoms. The van der Waals surface area contributed by atoms with Gasteiger partial charge in [0.15, 0.2) is 0 Å². The summed E-state index contributed by atoms with van der Waals surface area (Å²) in [6.45, 7) is 5.68. The summed E-state index contributed by atoms with van der Waals surface area (Å²) in [5.41, 5.74) is 0. The lowest BCUT2D eigenvalue weighted by Crippen LogP contribution is -2.10. The molecule has 1 heteroatoms. The fourth-order valence-corrected chi connectivity index (χ4v) is 0.596. The molecular weight excluding hydrogens is 124 g/mol. The zero-order valence-corrected chi connectivity index (χ0v) is 6.85. The summed E-state index contributed by atoms with van der Waals surface area (Å²) in [4.78, 5) is 11.0. The van der Waals surface area contributed by atoms with E-state index < -0.39 is 0 Å². The maximum atomic E-state index is 11.0. The van der Waals surface area contributed by atoms with Gasteiger partial charge in [0.1, 0.15) is 5.78 Å². The fraction of sp³-hybridized carbons (Fsp3) is 0.667. The monoisotopic (exact) mass is 138 g/mol. The summed E-state index contributed by atoms with van der Waals surface area (Å²) < 4.78 is 0. The van der Waals surface area contributed by atoms with Gasteiger partial charge in [-0.25, -0.2) is 0 Å². The summed E-state index contributed by atoms with van der Waals surface area (Å²) >= 11 is 0. The molecule has 0 saturated heterocycles. The van der Waals surface area contributed by atoms with E-state index in [9.17, 15) is 4.79 Å². The molecule has 0 aromatic carbocycles. The van der Waals surface area contributed by atoms with E-state index in [1.807, 2.05) is 20.8 Å². The smallest absolute Gasteiger partial charge is 0.136 e. The first-order chi connectivity index (χ1) is 4.57. The standard InChI is InChI=1S/C9H14O/c1-5-8(4)6-9(10)7(2)3/h1,7-8H,6H2,2-4H3/t8-/m0/s1. The zero-order valence-electron chi connectivity index (χ0n) is 6.85. The lowest BCUT2D eigenvalue weighted by atomic mass is 9.99. The van der Waals surface area contributed by atoms with E-state index in [1.54, 1.807) is 0 Å². The predicted molar refractivity (Wildman–Crippen MR) is 42.5 cm³/mol. The Bertz CT molecular complexity index is 151. The highest BCUT2D eigenvalue weighted by Gasteiger charge is 2.09. The minimum absolute atomic E-state index is 0.0925. The number of ketones is 1. The number of carbonyl (C=O) groups is 1. The number of hydrogen-bond acceptors (Lipinski definition) is 1. The van der Waals surface area contributed by atoms with E-state index in [1.165, 1.54) is 0 Å². The van der Waals surface area contributed by atoms with Crippen LogP contribution in [-0.4, -0.2) is 5.78 Å². The van der Waals surface area contributed by atoms with Gasteiger partial charge in [0.2, 0.25) is 0 Å². The number of rotatable bonds is 3. The summed E-state index contributed by atoms with van der Waals surface area (Å²) in [6.07, 6.45) is 5.64. The summed E-state index contributed by atoms with van der Waals surface area (Å²) in [5, 5.41) is 0. The van der Waals surface area contributed by atoms with Crippen molar-refractivity contribution in [1.82, 2.24) is 0 Å². The number of hydrogen-bond donors (Lipinski definition) is 0. The predicted octanol–water partition coefficient (Wildman–Crippen LogP) is 1.87. The molecule has 0 aliphatic carbocycles. The second kappa shape index (κ2) is 4.11. The first-order valence-electron chi connectivity index (χ1n) is 3.56. The molecule has 0 heterocycles. The van der Waals surface area contributed by atoms with E-state index in [4.69, 9.17) is 6.42 Å². The van der Waals surface area contributed by atoms with Crippen molar-refractivity contribution in [3.8, 4) is 12.3 Å². The molecule has 0 saturated carbocycles. The van der Waals surface area contributed by atoms with Gasteiger partial charge in [-0.15, -0.1) is 12.3 Å². The molecule has 0 rings (SSSR count). The van der Waals surface area contributed by atoms with E-state index in [0.717, 1.165) is 0 Å². The Morgan fingerprint density at radius 3 is 2.30 bits per heavy atom. The zero-order chi connectivity index (χ0) is 8.15. The average Bonchev–Trinajstić information content (AvgIpc) is 1.87. The van der Waals surface area contributed by atoms with Crippen molar-refractivity contribution >= 4 is 5.78 Å². The Hall–Kier alpha value is -0.770. The molecule has 0 unspecified atom stereocenters. The minimum Gasteiger partial charge on any atom is -0.299 e. The molecule has 0 fully saturated rings. The Kier molecular flexibility index (Phi) is 3.79. The van der Waals surface area contributed by atoms with Crippen LogP contribution < -0.4 is 0 Å². The van der Waals surface area contributed by atoms with Crippen molar-refractivity contribution in [1.29, 1.82) is 0 Å². The van der Waals surface area contributed by atoms with Crippen molar-refractivity contribution in [2.45, 2.75) is 27.2 Å². The van der Waals surface area contributed by atoms with Crippen LogP contribution >= 0.6 is 0 Å². The molecule has 1 nitrogen and oxygen atoms in total. The fourth-order valence-electron chi connectivity index (χ4n) is 0.596. The Morgan fingerprint density at radius 1 is 1.50 bits per heavy atom. The minimum atomic E-state index is 0.0925. The largest absolute Gasteiger partial charge is 0.299 e. The molecule has 0 aliphatic rings. The van der Waals surface area contributed by atoms with Crippen LogP contribution in [0.25, 0.3) is 0 Å². The third-order valence-corrected chi connectivity index (χ3v) is 1.44. The van der Waals surface area contributed by atoms with Crippen LogP contribution in [-0.2, 0) is 4.79 Å². The van der Waals surface area contributed by atoms with Gasteiger partial charge >= 0.3 is 0 Å². The molecule has 0 radical (unpaired) electrons. The number of Topliss-reactive ketones (excluding diaryl/α,β-unsaturated/α-hetero) is 1. The van der Waals surface area contributed by atoms with Crippen molar-refractivity contribution in [3.63, 3.8) is 0 Å². The quantitative estimate of drug-likeness (QED) is 0.544. The molecule has 0 aromatic rings. The van der Waals surface area contributed by atoms with E-state index >= 15 is 0 Å². The summed E-state index contributed by atoms with van der Waals surface area (Å²) in [5.74, 6) is 3.00. The molecule has 0 N–H and O–H groups in total. The van der Waals surface area contributed by atoms with Gasteiger partial charge in [0, 0.05) is 18.3 Å². The highest BCUT2D eigenvalue weighted by atomic mass is 16.1. The van der Waals surface area contributed by atoms with Crippen LogP contribution in [0.1, 0.15) is 27.2 Å². The third-order valence-electron chi connectivity index (χ3n) is 1.44. The molecule has 10 heavy (non-hydrogen) atoms. The van der Waals surface area contributed by atoms with Gasteiger partial charge in [-0.2, -0.15) is 0 Å². The molecular formula is C9H14O. The highest BCUT2D eigenvalue weighted by molar-refractivity contribution is 5.80. The summed E-state index contributed by atoms with van der Waals surface area (Å²) in [7, 11) is 0. The topological polar surface area (TPSA) is 17.1 Å². The molecule has 56 valence electrons. The molecule has 0 amide bonds. The maximum Gasteiger partial charge on any atom is 0.136 e. The van der Waals surface area contributed by atoms with Crippen LogP contribution in [0.4, 0.5) is 0 Å². The van der Waals surface area contributed by atoms with Gasteiger partial charge in [0.05, 0.1) is 0 Å². The van der Waals surface area contributed by atoms with Crippen LogP contribution in [0.5, 0.6) is 0 Å². The normalized spacial score (nSPS) is 12.7. The van der Waals surface area contributed by atoms with Crippen molar-refractivity contribution in [2.75, 3.05) is 0 Å². The van der Waals surface area contributed by atoms with Gasteiger partial charge in [0.25, 0.3) is 0 Å². The molecule has 0 aromatic heterocycles. The van der Waals surface area contributed by atoms with E-state index in [0.29, 0.717) is 6.42 Å². The summed E-state index contributed by atoms with van der Waals surface area (Å²) in [6, 6.07) is 0. The van der Waals surface area contributed by atoms with Crippen LogP contribution in [0.2, 0.25) is 0 Å². The lowest BCUT2D eigenvalue weighted by molar-refractivity contribution is -0.122. The lowest BCUT2D eigenvalue weighted by Gasteiger charge is -2.04. The van der Waals surface area contributed by atoms with Crippen molar-refractivity contribution in [3.05, 3.63) is 0 Å². The van der Waals surface area contributed by atoms with Crippen molar-refractivity contribution in [2.24, 2.45) is 11.8 Å². The second-order valence-electron chi connectivity index (χ2n) is 2.89. The van der Waals surface area contributed by atoms with Gasteiger partial charge in [-0.3, -0.25) is 4.79 Å². The van der Waals surface area contributed by atoms with Crippen LogP contribution in [0.15, 0.2) is 0 Å². The van der Waals surface area contributed by atoms with E-state index in [-0.39, 0.29) is 17.6 Å². The average molecular weight is 138 g/mol. The SMILES string of the molecule is C#C[C@H](C)CC(=O)C(C)C. The maximum absolute atomic E-state index is 11.0. The Morgan fingerprint density at radius 2 is 2.00 bits per heavy atom. The number of terminal acetylenes is 1. The first-order valence-corrected chi connectivity index (χ1v) is 3.56. The van der Waals surface area contributed by atoms with E-state index in [2.05, 4.69) is 5.92 Å². The Labute approximate surface area is 62.8 Å². The van der Waals surface area contributed by atoms with Gasteiger partial charge in [-0.05, 0) is 0 Å². The first kappa shape index (κ1) is 9.23. The second-order valence-corrected chi connectivity index (χ2v) is 2.89. The highest BCUT2D eigenvalue weighted by Crippen LogP contribution is 2.06. The van der Waals surface area contributed by atoms with Crippen LogP contribution in [0, 0.1) is 24.2 Å². The van der Waals surface area contributed by atoms with Crippen LogP contribution in [0.3, 0.4) is 0 Å². The molecule has 0 bridgehead atoms. The Balaban J connectivity index is 3.71. The van der Waals surface area contributed by atoms with Gasteiger partial charge in [-0.1, -0.05) is 20.8 Å². The van der Waals surface area contributed by atoms with Crippen molar-refractivity contribution < 1.29 is 4.79 Å². The third kappa shape index (κ3) is 3.29. The molecule has 1 atom stereocenters. The number of carbonyl (C=O) groups excluding carboxylic acids is 1.